The third kappa shape index (κ3) is 3.18. The highest BCUT2D eigenvalue weighted by molar-refractivity contribution is 6.09. The Hall–Kier alpha value is -3.01. The molecule has 2 saturated carbocycles. The number of rotatable bonds is 3. The second-order valence-corrected chi connectivity index (χ2v) is 12.5. The molecule has 9 heteroatoms. The summed E-state index contributed by atoms with van der Waals surface area (Å²) in [5, 5.41) is 46.0. The van der Waals surface area contributed by atoms with Crippen LogP contribution in [0.25, 0.3) is 11.3 Å². The molecule has 5 rings (SSSR count). The summed E-state index contributed by atoms with van der Waals surface area (Å²) in [7, 11) is 0. The number of Topliss-reactive ketones (excluding diaryl/α,β-unsaturated/α-hetero) is 2. The molecule has 0 saturated heterocycles. The van der Waals surface area contributed by atoms with Crippen molar-refractivity contribution >= 4 is 17.5 Å². The molecule has 0 spiro atoms. The van der Waals surface area contributed by atoms with Gasteiger partial charge in [0, 0.05) is 22.4 Å². The van der Waals surface area contributed by atoms with E-state index in [1.165, 1.54) is 6.07 Å². The molecule has 3 aliphatic carbocycles. The Morgan fingerprint density at radius 1 is 1.13 bits per heavy atom. The van der Waals surface area contributed by atoms with Gasteiger partial charge in [0.25, 0.3) is 0 Å². The first-order valence-corrected chi connectivity index (χ1v) is 13.1. The fourth-order valence-electron chi connectivity index (χ4n) is 8.45. The molecule has 3 aliphatic rings. The van der Waals surface area contributed by atoms with E-state index in [9.17, 15) is 34.8 Å². The summed E-state index contributed by atoms with van der Waals surface area (Å²) < 4.78 is 0. The lowest BCUT2D eigenvalue weighted by molar-refractivity contribution is -0.265. The zero-order chi connectivity index (χ0) is 28.1. The highest BCUT2D eigenvalue weighted by Gasteiger charge is 2.75. The molecular formula is C29H36N2O7. The number of primary amides is 1. The van der Waals surface area contributed by atoms with Crippen LogP contribution >= 0.6 is 0 Å². The lowest BCUT2D eigenvalue weighted by Gasteiger charge is -2.66. The predicted octanol–water partition coefficient (Wildman–Crippen LogP) is 1.88. The molecule has 7 N–H and O–H groups in total. The third-order valence-electron chi connectivity index (χ3n) is 9.79. The first-order valence-electron chi connectivity index (χ1n) is 13.1. The first-order chi connectivity index (χ1) is 17.6. The number of carbonyl (C=O) groups excluding carboxylic acids is 3. The summed E-state index contributed by atoms with van der Waals surface area (Å²) in [6.07, 6.45) is -2.95. The number of fused-ring (bicyclic) bond motifs is 3. The van der Waals surface area contributed by atoms with Crippen molar-refractivity contribution in [1.82, 2.24) is 4.98 Å². The van der Waals surface area contributed by atoms with Gasteiger partial charge in [0.15, 0.2) is 17.2 Å². The van der Waals surface area contributed by atoms with Crippen molar-refractivity contribution in [2.75, 3.05) is 0 Å². The Balaban J connectivity index is 1.74. The van der Waals surface area contributed by atoms with E-state index in [4.69, 9.17) is 5.73 Å². The van der Waals surface area contributed by atoms with E-state index in [-0.39, 0.29) is 30.1 Å². The monoisotopic (exact) mass is 524 g/mol. The minimum atomic E-state index is -2.51. The number of nitrogens with two attached hydrogens (primary N) is 1. The standard InChI is InChI=1S/C29H36N2O7/c1-12(2)20-23(34)19(26(30)37)24(35)29(38)25(36)21-22(33)18-15(10-27(21,4)11-28(20,29)5)14(7-9-17(18)32)16-8-6-13(3)31-16/h6-9,12,19-21,23,25,31-32,34,36,38H,10-11H2,1-5H3,(H2,30,37)/t19-,20+,21-,23?,25?,27-,28-,29+/m1/s1. The Kier molecular flexibility index (Phi) is 5.77. The second kappa shape index (κ2) is 8.24. The highest BCUT2D eigenvalue weighted by Crippen LogP contribution is 2.66. The molecule has 0 radical (unpaired) electrons. The van der Waals surface area contributed by atoms with Gasteiger partial charge in [-0.15, -0.1) is 0 Å². The van der Waals surface area contributed by atoms with Crippen LogP contribution < -0.4 is 5.73 Å². The van der Waals surface area contributed by atoms with Crippen LogP contribution in [0.4, 0.5) is 0 Å². The van der Waals surface area contributed by atoms with Gasteiger partial charge in [-0.1, -0.05) is 27.7 Å². The van der Waals surface area contributed by atoms with Gasteiger partial charge in [0.1, 0.15) is 17.8 Å². The molecule has 2 aromatic rings. The zero-order valence-electron chi connectivity index (χ0n) is 22.3. The Morgan fingerprint density at radius 3 is 2.34 bits per heavy atom. The Bertz CT molecular complexity index is 1360. The van der Waals surface area contributed by atoms with Gasteiger partial charge >= 0.3 is 0 Å². The van der Waals surface area contributed by atoms with Gasteiger partial charge in [-0.05, 0) is 66.8 Å². The van der Waals surface area contributed by atoms with Crippen LogP contribution in [0, 0.1) is 41.4 Å². The lowest BCUT2D eigenvalue weighted by Crippen LogP contribution is -2.79. The highest BCUT2D eigenvalue weighted by atomic mass is 16.4. The molecule has 0 bridgehead atoms. The molecule has 1 heterocycles. The maximum absolute atomic E-state index is 14.1. The maximum Gasteiger partial charge on any atom is 0.230 e. The summed E-state index contributed by atoms with van der Waals surface area (Å²) >= 11 is 0. The van der Waals surface area contributed by atoms with Crippen LogP contribution in [0.5, 0.6) is 5.75 Å². The molecule has 38 heavy (non-hydrogen) atoms. The molecule has 204 valence electrons. The number of hydrogen-bond acceptors (Lipinski definition) is 7. The number of amides is 1. The molecule has 1 aromatic heterocycles. The fraction of sp³-hybridized carbons (Fsp3) is 0.552. The number of aliphatic hydroxyl groups is 3. The largest absolute Gasteiger partial charge is 0.507 e. The van der Waals surface area contributed by atoms with Crippen molar-refractivity contribution < 1.29 is 34.8 Å². The number of nitrogens with one attached hydrogen (secondary N) is 1. The summed E-state index contributed by atoms with van der Waals surface area (Å²) in [6, 6.07) is 6.98. The normalized spacial score (nSPS) is 38.5. The predicted molar refractivity (Wildman–Crippen MR) is 138 cm³/mol. The number of aryl methyl sites for hydroxylation is 1. The van der Waals surface area contributed by atoms with E-state index < -0.39 is 63.9 Å². The number of aromatic nitrogens is 1. The molecule has 2 unspecified atom stereocenters. The molecular weight excluding hydrogens is 488 g/mol. The summed E-state index contributed by atoms with van der Waals surface area (Å²) in [6.45, 7) is 9.04. The minimum Gasteiger partial charge on any atom is -0.507 e. The van der Waals surface area contributed by atoms with Crippen LogP contribution in [-0.4, -0.2) is 60.7 Å². The van der Waals surface area contributed by atoms with Crippen LogP contribution in [0.3, 0.4) is 0 Å². The smallest absolute Gasteiger partial charge is 0.230 e. The van der Waals surface area contributed by atoms with Gasteiger partial charge in [0.2, 0.25) is 5.91 Å². The number of phenolic OH excluding ortho intramolecular Hbond substituents is 1. The van der Waals surface area contributed by atoms with Crippen molar-refractivity contribution in [1.29, 1.82) is 0 Å². The third-order valence-corrected chi connectivity index (χ3v) is 9.79. The second-order valence-electron chi connectivity index (χ2n) is 12.5. The van der Waals surface area contributed by atoms with Crippen molar-refractivity contribution in [3.8, 4) is 17.0 Å². The van der Waals surface area contributed by atoms with E-state index in [1.54, 1.807) is 13.0 Å². The first kappa shape index (κ1) is 26.6. The fourth-order valence-corrected chi connectivity index (χ4v) is 8.45. The van der Waals surface area contributed by atoms with Crippen LogP contribution in [0.2, 0.25) is 0 Å². The Labute approximate surface area is 221 Å². The minimum absolute atomic E-state index is 0.0543. The molecule has 1 aromatic carbocycles. The van der Waals surface area contributed by atoms with Crippen molar-refractivity contribution in [3.63, 3.8) is 0 Å². The summed E-state index contributed by atoms with van der Waals surface area (Å²) in [5.41, 5.74) is 3.79. The van der Waals surface area contributed by atoms with Gasteiger partial charge in [-0.25, -0.2) is 0 Å². The average molecular weight is 525 g/mol. The van der Waals surface area contributed by atoms with Gasteiger partial charge in [-0.2, -0.15) is 0 Å². The number of aliphatic hydroxyl groups excluding tert-OH is 2. The van der Waals surface area contributed by atoms with Crippen LogP contribution in [-0.2, 0) is 16.0 Å². The topological polar surface area (TPSA) is 174 Å². The number of aromatic amines is 1. The van der Waals surface area contributed by atoms with Gasteiger partial charge in [0.05, 0.1) is 17.6 Å². The lowest BCUT2D eigenvalue weighted by atomic mass is 9.39. The number of hydrogen-bond donors (Lipinski definition) is 6. The number of H-pyrrole nitrogens is 1. The SMILES string of the molecule is Cc1ccc(-c2ccc(O)c3c2C[C@]2(C)C[C@]4(C)[C@@H](C(C)C)C(O)[C@@H](C(N)=O)C(=O)[C@]4(O)C(O)[C@H]2C3=O)[nH]1. The Morgan fingerprint density at radius 2 is 1.79 bits per heavy atom. The summed E-state index contributed by atoms with van der Waals surface area (Å²) in [5.74, 6) is -7.00. The number of phenols is 1. The van der Waals surface area contributed by atoms with Gasteiger partial charge < -0.3 is 31.1 Å². The van der Waals surface area contributed by atoms with E-state index >= 15 is 0 Å². The average Bonchev–Trinajstić information content (AvgIpc) is 3.21. The molecule has 9 nitrogen and oxygen atoms in total. The van der Waals surface area contributed by atoms with E-state index in [0.717, 1.165) is 17.0 Å². The van der Waals surface area contributed by atoms with E-state index in [0.29, 0.717) is 5.56 Å². The summed E-state index contributed by atoms with van der Waals surface area (Å²) in [4.78, 5) is 43.4. The number of carbonyl (C=O) groups is 3. The molecule has 1 amide bonds. The van der Waals surface area contributed by atoms with Crippen molar-refractivity contribution in [2.24, 2.45) is 40.2 Å². The van der Waals surface area contributed by atoms with Gasteiger partial charge in [-0.3, -0.25) is 14.4 Å². The van der Waals surface area contributed by atoms with E-state index in [1.807, 2.05) is 39.8 Å². The van der Waals surface area contributed by atoms with Crippen molar-refractivity contribution in [3.05, 3.63) is 41.1 Å². The number of aromatic hydroxyl groups is 1. The maximum atomic E-state index is 14.1. The molecule has 0 aliphatic heterocycles. The van der Waals surface area contributed by atoms with E-state index in [2.05, 4.69) is 4.98 Å². The zero-order valence-corrected chi connectivity index (χ0v) is 22.3. The number of ketones is 2. The number of benzene rings is 1. The van der Waals surface area contributed by atoms with Crippen LogP contribution in [0.1, 0.15) is 55.7 Å². The quantitative estimate of drug-likeness (QED) is 0.332. The molecule has 8 atom stereocenters. The molecule has 2 fully saturated rings. The van der Waals surface area contributed by atoms with Crippen molar-refractivity contribution in [2.45, 2.75) is 65.3 Å². The van der Waals surface area contributed by atoms with Crippen LogP contribution in [0.15, 0.2) is 24.3 Å².